The van der Waals surface area contributed by atoms with Crippen molar-refractivity contribution < 1.29 is 14.1 Å². The van der Waals surface area contributed by atoms with Gasteiger partial charge in [-0.15, -0.1) is 11.3 Å². The molecule has 0 aliphatic heterocycles. The third kappa shape index (κ3) is 3.88. The number of nitrogens with zero attached hydrogens (tertiary/aromatic N) is 2. The minimum atomic E-state index is -0.253. The second kappa shape index (κ2) is 7.56. The molecular formula is C17H15N3O3S. The molecule has 0 radical (unpaired) electrons. The molecule has 0 bridgehead atoms. The van der Waals surface area contributed by atoms with Gasteiger partial charge in [0.15, 0.2) is 0 Å². The maximum Gasteiger partial charge on any atom is 0.246 e. The van der Waals surface area contributed by atoms with Crippen LogP contribution in [0.5, 0.6) is 5.75 Å². The van der Waals surface area contributed by atoms with E-state index in [1.807, 2.05) is 41.8 Å². The number of nitrogens with one attached hydrogen (secondary N) is 1. The average molecular weight is 341 g/mol. The van der Waals surface area contributed by atoms with Crippen LogP contribution in [0.1, 0.15) is 11.5 Å². The first-order valence-electron chi connectivity index (χ1n) is 7.21. The van der Waals surface area contributed by atoms with E-state index in [0.717, 1.165) is 10.4 Å². The standard InChI is InChI=1S/C17H15N3O3S/c1-22-13-6-3-2-5-12(13)8-9-15(21)18-11-16-19-17(20-23-16)14-7-4-10-24-14/h2-10H,11H2,1H3,(H,18,21)/b9-8+. The van der Waals surface area contributed by atoms with Crippen molar-refractivity contribution >= 4 is 23.3 Å². The van der Waals surface area contributed by atoms with Gasteiger partial charge in [-0.1, -0.05) is 29.4 Å². The Hall–Kier alpha value is -2.93. The molecule has 3 rings (SSSR count). The fourth-order valence-corrected chi connectivity index (χ4v) is 2.67. The Kier molecular flexibility index (Phi) is 5.02. The van der Waals surface area contributed by atoms with E-state index in [-0.39, 0.29) is 12.5 Å². The zero-order chi connectivity index (χ0) is 16.8. The van der Waals surface area contributed by atoms with Crippen LogP contribution in [0.25, 0.3) is 16.8 Å². The molecule has 0 spiro atoms. The maximum atomic E-state index is 11.9. The first-order chi connectivity index (χ1) is 11.8. The summed E-state index contributed by atoms with van der Waals surface area (Å²) in [5, 5.41) is 8.54. The molecule has 0 aliphatic rings. The van der Waals surface area contributed by atoms with E-state index in [0.29, 0.717) is 17.5 Å². The van der Waals surface area contributed by atoms with E-state index in [9.17, 15) is 4.79 Å². The van der Waals surface area contributed by atoms with Crippen molar-refractivity contribution in [2.45, 2.75) is 6.54 Å². The second-order valence-electron chi connectivity index (χ2n) is 4.78. The van der Waals surface area contributed by atoms with E-state index < -0.39 is 0 Å². The van der Waals surface area contributed by atoms with Crippen LogP contribution in [0.15, 0.2) is 52.4 Å². The maximum absolute atomic E-state index is 11.9. The van der Waals surface area contributed by atoms with Crippen molar-refractivity contribution in [2.24, 2.45) is 0 Å². The number of benzene rings is 1. The number of para-hydroxylation sites is 1. The highest BCUT2D eigenvalue weighted by molar-refractivity contribution is 7.13. The average Bonchev–Trinajstić information content (AvgIpc) is 3.29. The third-order valence-corrected chi connectivity index (χ3v) is 4.04. The van der Waals surface area contributed by atoms with Crippen molar-refractivity contribution in [1.29, 1.82) is 0 Å². The van der Waals surface area contributed by atoms with Gasteiger partial charge in [0.05, 0.1) is 18.5 Å². The minimum Gasteiger partial charge on any atom is -0.496 e. The highest BCUT2D eigenvalue weighted by atomic mass is 32.1. The molecule has 6 nitrogen and oxygen atoms in total. The summed E-state index contributed by atoms with van der Waals surface area (Å²) in [6.45, 7) is 0.174. The Morgan fingerprint density at radius 1 is 1.33 bits per heavy atom. The highest BCUT2D eigenvalue weighted by Crippen LogP contribution is 2.21. The van der Waals surface area contributed by atoms with Crippen LogP contribution >= 0.6 is 11.3 Å². The van der Waals surface area contributed by atoms with Crippen LogP contribution in [0.4, 0.5) is 0 Å². The highest BCUT2D eigenvalue weighted by Gasteiger charge is 2.09. The largest absolute Gasteiger partial charge is 0.496 e. The Morgan fingerprint density at radius 3 is 3.00 bits per heavy atom. The predicted molar refractivity (Wildman–Crippen MR) is 91.5 cm³/mol. The molecule has 24 heavy (non-hydrogen) atoms. The molecule has 0 fully saturated rings. The zero-order valence-corrected chi connectivity index (χ0v) is 13.7. The van der Waals surface area contributed by atoms with Crippen LogP contribution < -0.4 is 10.1 Å². The lowest BCUT2D eigenvalue weighted by molar-refractivity contribution is -0.116. The molecule has 2 aromatic heterocycles. The van der Waals surface area contributed by atoms with Crippen molar-refractivity contribution in [3.63, 3.8) is 0 Å². The molecule has 0 aliphatic carbocycles. The Bertz CT molecular complexity index is 840. The number of hydrogen-bond donors (Lipinski definition) is 1. The van der Waals surface area contributed by atoms with Crippen molar-refractivity contribution in [3.05, 3.63) is 59.3 Å². The SMILES string of the molecule is COc1ccccc1/C=C/C(=O)NCc1nc(-c2cccs2)no1. The van der Waals surface area contributed by atoms with Crippen LogP contribution in [0, 0.1) is 0 Å². The molecule has 0 unspecified atom stereocenters. The Morgan fingerprint density at radius 2 is 2.21 bits per heavy atom. The van der Waals surface area contributed by atoms with Gasteiger partial charge in [0.25, 0.3) is 0 Å². The van der Waals surface area contributed by atoms with Gasteiger partial charge >= 0.3 is 0 Å². The molecular weight excluding hydrogens is 326 g/mol. The van der Waals surface area contributed by atoms with Gasteiger partial charge in [-0.05, 0) is 23.6 Å². The van der Waals surface area contributed by atoms with Crippen LogP contribution in [-0.4, -0.2) is 23.2 Å². The number of hydrogen-bond acceptors (Lipinski definition) is 6. The summed E-state index contributed by atoms with van der Waals surface area (Å²) in [6, 6.07) is 11.3. The molecule has 0 saturated heterocycles. The smallest absolute Gasteiger partial charge is 0.246 e. The van der Waals surface area contributed by atoms with Gasteiger partial charge in [-0.25, -0.2) is 0 Å². The molecule has 0 saturated carbocycles. The summed E-state index contributed by atoms with van der Waals surface area (Å²) >= 11 is 1.53. The van der Waals surface area contributed by atoms with Crippen LogP contribution in [0.2, 0.25) is 0 Å². The van der Waals surface area contributed by atoms with Crippen LogP contribution in [-0.2, 0) is 11.3 Å². The molecule has 122 valence electrons. The van der Waals surface area contributed by atoms with E-state index >= 15 is 0 Å². The number of aromatic nitrogens is 2. The number of rotatable bonds is 6. The second-order valence-corrected chi connectivity index (χ2v) is 5.73. The molecule has 3 aromatic rings. The van der Waals surface area contributed by atoms with Crippen LogP contribution in [0.3, 0.4) is 0 Å². The van der Waals surface area contributed by atoms with Gasteiger partial charge in [0.1, 0.15) is 5.75 Å². The van der Waals surface area contributed by atoms with E-state index in [1.54, 1.807) is 13.2 Å². The quantitative estimate of drug-likeness (QED) is 0.697. The molecule has 2 heterocycles. The van der Waals surface area contributed by atoms with Gasteiger partial charge in [0, 0.05) is 11.6 Å². The number of carbonyl (C=O) groups excluding carboxylic acids is 1. The lowest BCUT2D eigenvalue weighted by Gasteiger charge is -2.03. The first kappa shape index (κ1) is 15.9. The van der Waals surface area contributed by atoms with Crippen molar-refractivity contribution in [3.8, 4) is 16.5 Å². The molecule has 1 N–H and O–H groups in total. The fraction of sp³-hybridized carbons (Fsp3) is 0.118. The molecule has 1 amide bonds. The lowest BCUT2D eigenvalue weighted by atomic mass is 10.2. The molecule has 0 atom stereocenters. The summed E-state index contributed by atoms with van der Waals surface area (Å²) < 4.78 is 10.4. The van der Waals surface area contributed by atoms with Gasteiger partial charge in [0.2, 0.25) is 17.6 Å². The molecule has 1 aromatic carbocycles. The third-order valence-electron chi connectivity index (χ3n) is 3.18. The normalized spacial score (nSPS) is 10.9. The minimum absolute atomic E-state index is 0.174. The monoisotopic (exact) mass is 341 g/mol. The Labute approximate surface area is 142 Å². The van der Waals surface area contributed by atoms with E-state index in [4.69, 9.17) is 9.26 Å². The number of amides is 1. The number of carbonyl (C=O) groups is 1. The van der Waals surface area contributed by atoms with Gasteiger partial charge in [-0.3, -0.25) is 4.79 Å². The van der Waals surface area contributed by atoms with Gasteiger partial charge in [-0.2, -0.15) is 4.98 Å². The fourth-order valence-electron chi connectivity index (χ4n) is 2.02. The number of thiophene rings is 1. The van der Waals surface area contributed by atoms with Gasteiger partial charge < -0.3 is 14.6 Å². The van der Waals surface area contributed by atoms with Crippen molar-refractivity contribution in [2.75, 3.05) is 7.11 Å². The summed E-state index contributed by atoms with van der Waals surface area (Å²) in [5.74, 6) is 1.34. The number of methoxy groups -OCH3 is 1. The van der Waals surface area contributed by atoms with E-state index in [2.05, 4.69) is 15.5 Å². The zero-order valence-electron chi connectivity index (χ0n) is 12.9. The van der Waals surface area contributed by atoms with Crippen molar-refractivity contribution in [1.82, 2.24) is 15.5 Å². The number of ether oxygens (including phenoxy) is 1. The predicted octanol–water partition coefficient (Wildman–Crippen LogP) is 3.14. The lowest BCUT2D eigenvalue weighted by Crippen LogP contribution is -2.20. The summed E-state index contributed by atoms with van der Waals surface area (Å²) in [6.07, 6.45) is 3.13. The van der Waals surface area contributed by atoms with E-state index in [1.165, 1.54) is 17.4 Å². The Balaban J connectivity index is 1.57. The first-order valence-corrected chi connectivity index (χ1v) is 8.09. The topological polar surface area (TPSA) is 77.2 Å². The summed E-state index contributed by atoms with van der Waals surface area (Å²) in [7, 11) is 1.59. The summed E-state index contributed by atoms with van der Waals surface area (Å²) in [5.41, 5.74) is 0.827. The molecule has 7 heteroatoms. The summed E-state index contributed by atoms with van der Waals surface area (Å²) in [4.78, 5) is 17.1.